The van der Waals surface area contributed by atoms with Crippen molar-refractivity contribution in [2.24, 2.45) is 0 Å². The molecule has 0 radical (unpaired) electrons. The van der Waals surface area contributed by atoms with Crippen molar-refractivity contribution in [3.63, 3.8) is 0 Å². The molecular weight excluding hydrogens is 296 g/mol. The van der Waals surface area contributed by atoms with Gasteiger partial charge in [0.25, 0.3) is 0 Å². The van der Waals surface area contributed by atoms with Crippen LogP contribution < -0.4 is 9.47 Å². The molecule has 0 saturated heterocycles. The highest BCUT2D eigenvalue weighted by atomic mass is 35.5. The monoisotopic (exact) mass is 312 g/mol. The predicted octanol–water partition coefficient (Wildman–Crippen LogP) is 3.32. The van der Waals surface area contributed by atoms with Crippen LogP contribution in [0.2, 0.25) is 0 Å². The third-order valence-electron chi connectivity index (χ3n) is 2.84. The van der Waals surface area contributed by atoms with E-state index in [4.69, 9.17) is 21.1 Å². The summed E-state index contributed by atoms with van der Waals surface area (Å²) in [6.07, 6.45) is 2.58. The summed E-state index contributed by atoms with van der Waals surface area (Å²) in [6.45, 7) is 0. The van der Waals surface area contributed by atoms with E-state index in [-0.39, 0.29) is 0 Å². The van der Waals surface area contributed by atoms with E-state index in [1.165, 1.54) is 0 Å². The van der Waals surface area contributed by atoms with E-state index in [1.54, 1.807) is 25.6 Å². The molecule has 0 amide bonds. The largest absolute Gasteiger partial charge is 0.493 e. The number of aryl methyl sites for hydroxylation is 1. The Bertz CT molecular complexity index is 560. The molecule has 0 spiro atoms. The Morgan fingerprint density at radius 2 is 1.85 bits per heavy atom. The average Bonchev–Trinajstić information content (AvgIpc) is 2.92. The maximum absolute atomic E-state index is 5.68. The van der Waals surface area contributed by atoms with E-state index < -0.39 is 0 Å². The van der Waals surface area contributed by atoms with Gasteiger partial charge in [-0.25, -0.2) is 0 Å². The molecule has 1 aromatic carbocycles. The standard InChI is InChI=1S/C14H17ClN2O2S/c1-18-11-6-5-10(8-12(11)19-2)9-14-17-16-13(20-14)4-3-7-15/h5-6,8H,3-4,7,9H2,1-2H3. The van der Waals surface area contributed by atoms with Gasteiger partial charge in [0.2, 0.25) is 0 Å². The van der Waals surface area contributed by atoms with Gasteiger partial charge in [-0.2, -0.15) is 0 Å². The van der Waals surface area contributed by atoms with Crippen molar-refractivity contribution in [2.75, 3.05) is 20.1 Å². The lowest BCUT2D eigenvalue weighted by atomic mass is 10.1. The van der Waals surface area contributed by atoms with Crippen molar-refractivity contribution in [1.82, 2.24) is 10.2 Å². The zero-order valence-corrected chi connectivity index (χ0v) is 13.1. The summed E-state index contributed by atoms with van der Waals surface area (Å²) >= 11 is 7.32. The third kappa shape index (κ3) is 3.84. The molecule has 4 nitrogen and oxygen atoms in total. The van der Waals surface area contributed by atoms with Gasteiger partial charge in [0, 0.05) is 18.7 Å². The molecule has 1 aromatic heterocycles. The van der Waals surface area contributed by atoms with Crippen molar-refractivity contribution < 1.29 is 9.47 Å². The number of methoxy groups -OCH3 is 2. The van der Waals surface area contributed by atoms with Crippen LogP contribution in [0.5, 0.6) is 11.5 Å². The first kappa shape index (κ1) is 15.1. The minimum absolute atomic E-state index is 0.657. The van der Waals surface area contributed by atoms with Gasteiger partial charge in [-0.15, -0.1) is 33.1 Å². The predicted molar refractivity (Wildman–Crippen MR) is 81.3 cm³/mol. The molecule has 0 N–H and O–H groups in total. The number of ether oxygens (including phenoxy) is 2. The molecule has 0 aliphatic rings. The molecular formula is C14H17ClN2O2S. The Morgan fingerprint density at radius 3 is 2.55 bits per heavy atom. The average molecular weight is 313 g/mol. The highest BCUT2D eigenvalue weighted by Gasteiger charge is 2.08. The first-order chi connectivity index (χ1) is 9.76. The van der Waals surface area contributed by atoms with Crippen LogP contribution in [0.3, 0.4) is 0 Å². The van der Waals surface area contributed by atoms with Crippen LogP contribution in [-0.4, -0.2) is 30.3 Å². The normalized spacial score (nSPS) is 10.6. The van der Waals surface area contributed by atoms with Gasteiger partial charge in [-0.05, 0) is 24.1 Å². The summed E-state index contributed by atoms with van der Waals surface area (Å²) in [5, 5.41) is 10.4. The molecule has 108 valence electrons. The van der Waals surface area contributed by atoms with Gasteiger partial charge in [0.1, 0.15) is 10.0 Å². The van der Waals surface area contributed by atoms with Crippen molar-refractivity contribution in [3.05, 3.63) is 33.8 Å². The van der Waals surface area contributed by atoms with Gasteiger partial charge >= 0.3 is 0 Å². The Labute approximate surface area is 127 Å². The summed E-state index contributed by atoms with van der Waals surface area (Å²) in [6, 6.07) is 5.89. The number of halogens is 1. The summed E-state index contributed by atoms with van der Waals surface area (Å²) in [4.78, 5) is 0. The quantitative estimate of drug-likeness (QED) is 0.736. The fraction of sp³-hybridized carbons (Fsp3) is 0.429. The lowest BCUT2D eigenvalue weighted by Crippen LogP contribution is -1.93. The first-order valence-electron chi connectivity index (χ1n) is 6.35. The second-order valence-corrected chi connectivity index (χ2v) is 5.77. The molecule has 0 unspecified atom stereocenters. The highest BCUT2D eigenvalue weighted by Crippen LogP contribution is 2.28. The molecule has 2 rings (SSSR count). The minimum Gasteiger partial charge on any atom is -0.493 e. The summed E-state index contributed by atoms with van der Waals surface area (Å²) in [7, 11) is 3.27. The number of hydrogen-bond donors (Lipinski definition) is 0. The second-order valence-electron chi connectivity index (χ2n) is 4.25. The SMILES string of the molecule is COc1ccc(Cc2nnc(CCCCl)s2)cc1OC. The van der Waals surface area contributed by atoms with E-state index in [9.17, 15) is 0 Å². The van der Waals surface area contributed by atoms with Gasteiger partial charge in [-0.1, -0.05) is 6.07 Å². The van der Waals surface area contributed by atoms with Crippen LogP contribution in [0.25, 0.3) is 0 Å². The van der Waals surface area contributed by atoms with Crippen molar-refractivity contribution in [1.29, 1.82) is 0 Å². The van der Waals surface area contributed by atoms with E-state index >= 15 is 0 Å². The molecule has 1 heterocycles. The van der Waals surface area contributed by atoms with E-state index in [0.717, 1.165) is 46.3 Å². The Hall–Kier alpha value is -1.33. The molecule has 0 saturated carbocycles. The van der Waals surface area contributed by atoms with Crippen molar-refractivity contribution in [2.45, 2.75) is 19.3 Å². The lowest BCUT2D eigenvalue weighted by Gasteiger charge is -2.08. The fourth-order valence-corrected chi connectivity index (χ4v) is 2.90. The van der Waals surface area contributed by atoms with Gasteiger partial charge < -0.3 is 9.47 Å². The molecule has 0 aliphatic heterocycles. The number of hydrogen-bond acceptors (Lipinski definition) is 5. The number of rotatable bonds is 7. The van der Waals surface area contributed by atoms with E-state index in [2.05, 4.69) is 10.2 Å². The van der Waals surface area contributed by atoms with Crippen molar-refractivity contribution >= 4 is 22.9 Å². The molecule has 0 bridgehead atoms. The van der Waals surface area contributed by atoms with Gasteiger partial charge in [0.05, 0.1) is 14.2 Å². The van der Waals surface area contributed by atoms with Crippen LogP contribution in [0.15, 0.2) is 18.2 Å². The van der Waals surface area contributed by atoms with Crippen LogP contribution >= 0.6 is 22.9 Å². The highest BCUT2D eigenvalue weighted by molar-refractivity contribution is 7.11. The molecule has 0 aliphatic carbocycles. The molecule has 0 atom stereocenters. The van der Waals surface area contributed by atoms with Crippen LogP contribution in [0, 0.1) is 0 Å². The Morgan fingerprint density at radius 1 is 1.10 bits per heavy atom. The van der Waals surface area contributed by atoms with E-state index in [0.29, 0.717) is 5.88 Å². The fourth-order valence-electron chi connectivity index (χ4n) is 1.84. The summed E-state index contributed by atoms with van der Waals surface area (Å²) < 4.78 is 10.5. The van der Waals surface area contributed by atoms with Gasteiger partial charge in [-0.3, -0.25) is 0 Å². The van der Waals surface area contributed by atoms with Crippen LogP contribution in [0.1, 0.15) is 22.0 Å². The summed E-state index contributed by atoms with van der Waals surface area (Å²) in [5.41, 5.74) is 1.13. The maximum Gasteiger partial charge on any atom is 0.160 e. The van der Waals surface area contributed by atoms with Crippen LogP contribution in [-0.2, 0) is 12.8 Å². The Balaban J connectivity index is 2.07. The molecule has 2 aromatic rings. The number of benzene rings is 1. The minimum atomic E-state index is 0.657. The molecule has 6 heteroatoms. The number of aromatic nitrogens is 2. The number of alkyl halides is 1. The second kappa shape index (κ2) is 7.45. The molecule has 0 fully saturated rings. The van der Waals surface area contributed by atoms with Crippen molar-refractivity contribution in [3.8, 4) is 11.5 Å². The van der Waals surface area contributed by atoms with E-state index in [1.807, 2.05) is 18.2 Å². The number of nitrogens with zero attached hydrogens (tertiary/aromatic N) is 2. The van der Waals surface area contributed by atoms with Crippen LogP contribution in [0.4, 0.5) is 0 Å². The Kier molecular flexibility index (Phi) is 5.61. The van der Waals surface area contributed by atoms with Gasteiger partial charge in [0.15, 0.2) is 11.5 Å². The zero-order chi connectivity index (χ0) is 14.4. The third-order valence-corrected chi connectivity index (χ3v) is 4.09. The first-order valence-corrected chi connectivity index (χ1v) is 7.70. The lowest BCUT2D eigenvalue weighted by molar-refractivity contribution is 0.354. The molecule has 20 heavy (non-hydrogen) atoms. The smallest absolute Gasteiger partial charge is 0.160 e. The zero-order valence-electron chi connectivity index (χ0n) is 11.6. The summed E-state index contributed by atoms with van der Waals surface area (Å²) in [5.74, 6) is 2.12. The topological polar surface area (TPSA) is 44.2 Å². The maximum atomic E-state index is 5.68.